The lowest BCUT2D eigenvalue weighted by Crippen LogP contribution is -2.39. The van der Waals surface area contributed by atoms with Gasteiger partial charge in [0.15, 0.2) is 0 Å². The summed E-state index contributed by atoms with van der Waals surface area (Å²) in [6.45, 7) is 6.38. The standard InChI is InChI=1S/C15H25N5O3/c1-22-8-2-3-17-15(21)13-11-14(19-12-18-13)16-4-5-20-6-9-23-10-7-20/h11-12H,2-10H2,1H3,(H,17,21)(H,16,18,19). The number of carbonyl (C=O) groups is 1. The molecule has 8 nitrogen and oxygen atoms in total. The van der Waals surface area contributed by atoms with Gasteiger partial charge in [0.1, 0.15) is 17.8 Å². The van der Waals surface area contributed by atoms with E-state index in [0.29, 0.717) is 24.7 Å². The maximum absolute atomic E-state index is 12.0. The Morgan fingerprint density at radius 3 is 2.96 bits per heavy atom. The number of carbonyl (C=O) groups excluding carboxylic acids is 1. The molecule has 1 aromatic rings. The summed E-state index contributed by atoms with van der Waals surface area (Å²) in [6, 6.07) is 1.67. The van der Waals surface area contributed by atoms with Crippen LogP contribution in [-0.4, -0.2) is 80.4 Å². The maximum Gasteiger partial charge on any atom is 0.270 e. The lowest BCUT2D eigenvalue weighted by Gasteiger charge is -2.26. The number of ether oxygens (including phenoxy) is 2. The Kier molecular flexibility index (Phi) is 7.71. The Bertz CT molecular complexity index is 480. The zero-order valence-corrected chi connectivity index (χ0v) is 13.6. The van der Waals surface area contributed by atoms with Crippen LogP contribution in [0.5, 0.6) is 0 Å². The van der Waals surface area contributed by atoms with Gasteiger partial charge in [-0.15, -0.1) is 0 Å². The highest BCUT2D eigenvalue weighted by atomic mass is 16.5. The minimum atomic E-state index is -0.195. The smallest absolute Gasteiger partial charge is 0.270 e. The average molecular weight is 323 g/mol. The van der Waals surface area contributed by atoms with Crippen molar-refractivity contribution in [2.24, 2.45) is 0 Å². The van der Waals surface area contributed by atoms with Crippen molar-refractivity contribution in [3.05, 3.63) is 18.1 Å². The molecule has 1 aliphatic heterocycles. The number of hydrogen-bond acceptors (Lipinski definition) is 7. The van der Waals surface area contributed by atoms with Gasteiger partial charge < -0.3 is 20.1 Å². The molecule has 2 heterocycles. The van der Waals surface area contributed by atoms with E-state index in [1.165, 1.54) is 6.33 Å². The highest BCUT2D eigenvalue weighted by Crippen LogP contribution is 2.04. The number of nitrogens with one attached hydrogen (secondary N) is 2. The van der Waals surface area contributed by atoms with Crippen LogP contribution in [-0.2, 0) is 9.47 Å². The van der Waals surface area contributed by atoms with Gasteiger partial charge in [-0.1, -0.05) is 0 Å². The summed E-state index contributed by atoms with van der Waals surface area (Å²) in [5.74, 6) is 0.468. The Balaban J connectivity index is 1.73. The molecule has 2 N–H and O–H groups in total. The Morgan fingerprint density at radius 1 is 1.35 bits per heavy atom. The fourth-order valence-corrected chi connectivity index (χ4v) is 2.25. The van der Waals surface area contributed by atoms with Crippen LogP contribution in [0.25, 0.3) is 0 Å². The van der Waals surface area contributed by atoms with E-state index >= 15 is 0 Å². The average Bonchev–Trinajstić information content (AvgIpc) is 2.60. The molecule has 128 valence electrons. The Labute approximate surface area is 136 Å². The van der Waals surface area contributed by atoms with Gasteiger partial charge in [0.2, 0.25) is 0 Å². The van der Waals surface area contributed by atoms with Crippen LogP contribution in [0.15, 0.2) is 12.4 Å². The monoisotopic (exact) mass is 323 g/mol. The number of rotatable bonds is 9. The van der Waals surface area contributed by atoms with Crippen molar-refractivity contribution in [1.29, 1.82) is 0 Å². The summed E-state index contributed by atoms with van der Waals surface area (Å²) < 4.78 is 10.3. The molecule has 2 rings (SSSR count). The first-order valence-corrected chi connectivity index (χ1v) is 7.93. The molecule has 1 aliphatic rings. The van der Waals surface area contributed by atoms with Crippen LogP contribution in [0.3, 0.4) is 0 Å². The minimum absolute atomic E-state index is 0.195. The number of anilines is 1. The summed E-state index contributed by atoms with van der Waals surface area (Å²) in [5, 5.41) is 6.04. The SMILES string of the molecule is COCCCNC(=O)c1cc(NCCN2CCOCC2)ncn1. The molecule has 8 heteroatoms. The number of morpholine rings is 1. The third-order valence-electron chi connectivity index (χ3n) is 3.55. The van der Waals surface area contributed by atoms with Crippen molar-refractivity contribution < 1.29 is 14.3 Å². The van der Waals surface area contributed by atoms with Gasteiger partial charge in [-0.3, -0.25) is 9.69 Å². The largest absolute Gasteiger partial charge is 0.385 e. The lowest BCUT2D eigenvalue weighted by atomic mass is 10.3. The van der Waals surface area contributed by atoms with Crippen molar-refractivity contribution in [3.8, 4) is 0 Å². The topological polar surface area (TPSA) is 88.6 Å². The van der Waals surface area contributed by atoms with Crippen LogP contribution in [0.4, 0.5) is 5.82 Å². The van der Waals surface area contributed by atoms with Gasteiger partial charge in [-0.05, 0) is 6.42 Å². The third kappa shape index (κ3) is 6.47. The Hall–Kier alpha value is -1.77. The van der Waals surface area contributed by atoms with E-state index in [4.69, 9.17) is 9.47 Å². The predicted molar refractivity (Wildman–Crippen MR) is 86.6 cm³/mol. The molecule has 0 spiro atoms. The fourth-order valence-electron chi connectivity index (χ4n) is 2.25. The molecule has 0 atom stereocenters. The van der Waals surface area contributed by atoms with Crippen molar-refractivity contribution in [2.75, 3.05) is 65.0 Å². The maximum atomic E-state index is 12.0. The molecule has 0 radical (unpaired) electrons. The van der Waals surface area contributed by atoms with E-state index < -0.39 is 0 Å². The zero-order valence-electron chi connectivity index (χ0n) is 13.6. The molecular formula is C15H25N5O3. The van der Waals surface area contributed by atoms with Crippen molar-refractivity contribution in [3.63, 3.8) is 0 Å². The van der Waals surface area contributed by atoms with Crippen molar-refractivity contribution >= 4 is 11.7 Å². The molecule has 1 aromatic heterocycles. The summed E-state index contributed by atoms with van der Waals surface area (Å²) in [5.41, 5.74) is 0.367. The van der Waals surface area contributed by atoms with E-state index in [1.54, 1.807) is 13.2 Å². The second kappa shape index (κ2) is 10.1. The lowest BCUT2D eigenvalue weighted by molar-refractivity contribution is 0.0398. The predicted octanol–water partition coefficient (Wildman–Crippen LogP) is -0.0130. The van der Waals surface area contributed by atoms with Crippen LogP contribution in [0.2, 0.25) is 0 Å². The molecule has 0 saturated carbocycles. The van der Waals surface area contributed by atoms with Crippen LogP contribution in [0, 0.1) is 0 Å². The number of methoxy groups -OCH3 is 1. The number of nitrogens with zero attached hydrogens (tertiary/aromatic N) is 3. The molecule has 1 saturated heterocycles. The van der Waals surface area contributed by atoms with Gasteiger partial charge in [-0.2, -0.15) is 0 Å². The zero-order chi connectivity index (χ0) is 16.3. The van der Waals surface area contributed by atoms with Crippen LogP contribution in [0.1, 0.15) is 16.9 Å². The van der Waals surface area contributed by atoms with Gasteiger partial charge in [0, 0.05) is 52.5 Å². The highest BCUT2D eigenvalue weighted by Gasteiger charge is 2.10. The first kappa shape index (κ1) is 17.6. The number of amides is 1. The molecule has 1 amide bonds. The molecule has 1 fully saturated rings. The first-order chi connectivity index (χ1) is 11.3. The van der Waals surface area contributed by atoms with Crippen LogP contribution >= 0.6 is 0 Å². The van der Waals surface area contributed by atoms with E-state index in [9.17, 15) is 4.79 Å². The third-order valence-corrected chi connectivity index (χ3v) is 3.55. The number of hydrogen-bond donors (Lipinski definition) is 2. The minimum Gasteiger partial charge on any atom is -0.385 e. The first-order valence-electron chi connectivity index (χ1n) is 7.93. The number of aromatic nitrogens is 2. The quantitative estimate of drug-likeness (QED) is 0.618. The van der Waals surface area contributed by atoms with E-state index in [1.807, 2.05) is 0 Å². The summed E-state index contributed by atoms with van der Waals surface area (Å²) in [7, 11) is 1.64. The van der Waals surface area contributed by atoms with Crippen molar-refractivity contribution in [2.45, 2.75) is 6.42 Å². The molecular weight excluding hydrogens is 298 g/mol. The fraction of sp³-hybridized carbons (Fsp3) is 0.667. The van der Waals surface area contributed by atoms with Gasteiger partial charge in [0.05, 0.1) is 13.2 Å². The Morgan fingerprint density at radius 2 is 2.17 bits per heavy atom. The van der Waals surface area contributed by atoms with E-state index in [-0.39, 0.29) is 5.91 Å². The second-order valence-electron chi connectivity index (χ2n) is 5.27. The van der Waals surface area contributed by atoms with Crippen LogP contribution < -0.4 is 10.6 Å². The molecule has 0 aromatic carbocycles. The summed E-state index contributed by atoms with van der Waals surface area (Å²) >= 11 is 0. The van der Waals surface area contributed by atoms with Gasteiger partial charge >= 0.3 is 0 Å². The van der Waals surface area contributed by atoms with E-state index in [0.717, 1.165) is 45.8 Å². The van der Waals surface area contributed by atoms with Crippen molar-refractivity contribution in [1.82, 2.24) is 20.2 Å². The van der Waals surface area contributed by atoms with Gasteiger partial charge in [-0.25, -0.2) is 9.97 Å². The molecule has 23 heavy (non-hydrogen) atoms. The molecule has 0 aliphatic carbocycles. The molecule has 0 bridgehead atoms. The second-order valence-corrected chi connectivity index (χ2v) is 5.27. The normalized spacial score (nSPS) is 15.3. The highest BCUT2D eigenvalue weighted by molar-refractivity contribution is 5.92. The summed E-state index contributed by atoms with van der Waals surface area (Å²) in [4.78, 5) is 22.5. The summed E-state index contributed by atoms with van der Waals surface area (Å²) in [6.07, 6.45) is 2.18. The van der Waals surface area contributed by atoms with Gasteiger partial charge in [0.25, 0.3) is 5.91 Å². The van der Waals surface area contributed by atoms with E-state index in [2.05, 4.69) is 25.5 Å². The molecule has 0 unspecified atom stereocenters.